The van der Waals surface area contributed by atoms with Crippen molar-refractivity contribution in [3.8, 4) is 11.4 Å². The number of aromatic amines is 1. The van der Waals surface area contributed by atoms with Crippen molar-refractivity contribution in [1.29, 1.82) is 0 Å². The maximum absolute atomic E-state index is 12.6. The van der Waals surface area contributed by atoms with Crippen molar-refractivity contribution >= 4 is 28.7 Å². The number of H-pyrrole nitrogens is 1. The first-order chi connectivity index (χ1) is 14.1. The van der Waals surface area contributed by atoms with E-state index in [0.29, 0.717) is 17.8 Å². The highest BCUT2D eigenvalue weighted by Crippen LogP contribution is 2.23. The van der Waals surface area contributed by atoms with Crippen molar-refractivity contribution in [2.45, 2.75) is 6.54 Å². The number of hydrogen-bond donors (Lipinski definition) is 4. The molecule has 5 N–H and O–H groups in total. The molecule has 0 radical (unpaired) electrons. The summed E-state index contributed by atoms with van der Waals surface area (Å²) in [6.45, 7) is 0.316. The number of primary amides is 1. The number of hydrogen-bond acceptors (Lipinski definition) is 3. The van der Waals surface area contributed by atoms with E-state index >= 15 is 0 Å². The maximum Gasteiger partial charge on any atom is 0.312 e. The number of carbonyl (C=O) groups excluding carboxylic acids is 2. The van der Waals surface area contributed by atoms with E-state index < -0.39 is 6.03 Å². The number of rotatable bonds is 5. The molecule has 3 amide bonds. The molecule has 4 rings (SSSR count). The molecule has 0 saturated carbocycles. The fourth-order valence-electron chi connectivity index (χ4n) is 3.00. The minimum Gasteiger partial charge on any atom is -0.352 e. The van der Waals surface area contributed by atoms with Crippen LogP contribution in [-0.4, -0.2) is 21.9 Å². The predicted octanol–water partition coefficient (Wildman–Crippen LogP) is 3.65. The minimum atomic E-state index is -0.587. The average Bonchev–Trinajstić information content (AvgIpc) is 3.17. The molecule has 0 aliphatic rings. The third kappa shape index (κ3) is 4.24. The van der Waals surface area contributed by atoms with E-state index in [-0.39, 0.29) is 5.91 Å². The Morgan fingerprint density at radius 3 is 2.52 bits per heavy atom. The van der Waals surface area contributed by atoms with E-state index in [0.717, 1.165) is 28.0 Å². The van der Waals surface area contributed by atoms with Crippen LogP contribution in [0.5, 0.6) is 0 Å². The number of para-hydroxylation sites is 2. The van der Waals surface area contributed by atoms with Crippen molar-refractivity contribution in [1.82, 2.24) is 15.3 Å². The van der Waals surface area contributed by atoms with Crippen molar-refractivity contribution in [2.24, 2.45) is 5.73 Å². The largest absolute Gasteiger partial charge is 0.352 e. The van der Waals surface area contributed by atoms with Gasteiger partial charge in [0.05, 0.1) is 11.0 Å². The lowest BCUT2D eigenvalue weighted by molar-refractivity contribution is 0.102. The molecule has 0 bridgehead atoms. The molecule has 4 aromatic rings. The number of aromatic nitrogens is 2. The second-order valence-corrected chi connectivity index (χ2v) is 6.55. The SMILES string of the molecule is NC(=O)NCc1ccc(C(=O)Nc2cccc(-c3nc4ccccc4[nH]3)c2)cc1. The van der Waals surface area contributed by atoms with Gasteiger partial charge in [0.1, 0.15) is 5.82 Å². The molecule has 0 saturated heterocycles. The number of carbonyl (C=O) groups is 2. The van der Waals surface area contributed by atoms with E-state index in [1.54, 1.807) is 24.3 Å². The Balaban J connectivity index is 1.48. The lowest BCUT2D eigenvalue weighted by Gasteiger charge is -2.08. The summed E-state index contributed by atoms with van der Waals surface area (Å²) in [6.07, 6.45) is 0. The normalized spacial score (nSPS) is 10.6. The molecule has 0 aliphatic carbocycles. The van der Waals surface area contributed by atoms with Crippen LogP contribution in [0.3, 0.4) is 0 Å². The van der Waals surface area contributed by atoms with Gasteiger partial charge in [-0.2, -0.15) is 0 Å². The quantitative estimate of drug-likeness (QED) is 0.420. The van der Waals surface area contributed by atoms with Crippen LogP contribution in [0.1, 0.15) is 15.9 Å². The molecule has 144 valence electrons. The molecule has 0 spiro atoms. The number of imidazole rings is 1. The average molecular weight is 385 g/mol. The van der Waals surface area contributed by atoms with Gasteiger partial charge < -0.3 is 21.4 Å². The summed E-state index contributed by atoms with van der Waals surface area (Å²) in [7, 11) is 0. The van der Waals surface area contributed by atoms with Crippen LogP contribution < -0.4 is 16.4 Å². The number of anilines is 1. The number of urea groups is 1. The van der Waals surface area contributed by atoms with Crippen LogP contribution in [0, 0.1) is 0 Å². The highest BCUT2D eigenvalue weighted by atomic mass is 16.2. The summed E-state index contributed by atoms with van der Waals surface area (Å²) < 4.78 is 0. The van der Waals surface area contributed by atoms with Gasteiger partial charge in [0.25, 0.3) is 5.91 Å². The van der Waals surface area contributed by atoms with Crippen molar-refractivity contribution in [3.63, 3.8) is 0 Å². The molecule has 0 aliphatic heterocycles. The molecule has 1 heterocycles. The third-order valence-corrected chi connectivity index (χ3v) is 4.47. The van der Waals surface area contributed by atoms with Gasteiger partial charge >= 0.3 is 6.03 Å². The molecule has 0 fully saturated rings. The van der Waals surface area contributed by atoms with Gasteiger partial charge in [-0.25, -0.2) is 9.78 Å². The lowest BCUT2D eigenvalue weighted by atomic mass is 10.1. The van der Waals surface area contributed by atoms with Crippen LogP contribution in [-0.2, 0) is 6.54 Å². The van der Waals surface area contributed by atoms with Gasteiger partial charge in [0.15, 0.2) is 0 Å². The Kier molecular flexibility index (Phi) is 4.94. The summed E-state index contributed by atoms with van der Waals surface area (Å²) >= 11 is 0. The highest BCUT2D eigenvalue weighted by molar-refractivity contribution is 6.04. The topological polar surface area (TPSA) is 113 Å². The number of nitrogens with zero attached hydrogens (tertiary/aromatic N) is 1. The zero-order valence-corrected chi connectivity index (χ0v) is 15.5. The van der Waals surface area contributed by atoms with E-state index in [9.17, 15) is 9.59 Å². The number of amides is 3. The van der Waals surface area contributed by atoms with Crippen LogP contribution in [0.25, 0.3) is 22.4 Å². The molecule has 29 heavy (non-hydrogen) atoms. The summed E-state index contributed by atoms with van der Waals surface area (Å²) in [5, 5.41) is 5.41. The zero-order chi connectivity index (χ0) is 20.2. The summed E-state index contributed by atoms with van der Waals surface area (Å²) in [5.41, 5.74) is 9.84. The zero-order valence-electron chi connectivity index (χ0n) is 15.5. The molecule has 7 nitrogen and oxygen atoms in total. The summed E-state index contributed by atoms with van der Waals surface area (Å²) in [6, 6.07) is 21.7. The fourth-order valence-corrected chi connectivity index (χ4v) is 3.00. The predicted molar refractivity (Wildman–Crippen MR) is 112 cm³/mol. The van der Waals surface area contributed by atoms with Crippen LogP contribution in [0.4, 0.5) is 10.5 Å². The Morgan fingerprint density at radius 1 is 0.966 bits per heavy atom. The molecule has 3 aromatic carbocycles. The van der Waals surface area contributed by atoms with Crippen molar-refractivity contribution < 1.29 is 9.59 Å². The van der Waals surface area contributed by atoms with Gasteiger partial charge in [0.2, 0.25) is 0 Å². The van der Waals surface area contributed by atoms with Crippen LogP contribution in [0.15, 0.2) is 72.8 Å². The summed E-state index contributed by atoms with van der Waals surface area (Å²) in [4.78, 5) is 31.2. The third-order valence-electron chi connectivity index (χ3n) is 4.47. The molecular weight excluding hydrogens is 366 g/mol. The molecule has 1 aromatic heterocycles. The van der Waals surface area contributed by atoms with Crippen molar-refractivity contribution in [2.75, 3.05) is 5.32 Å². The number of benzene rings is 3. The van der Waals surface area contributed by atoms with E-state index in [4.69, 9.17) is 5.73 Å². The van der Waals surface area contributed by atoms with Gasteiger partial charge in [-0.15, -0.1) is 0 Å². The Bertz CT molecular complexity index is 1150. The first kappa shape index (κ1) is 18.2. The van der Waals surface area contributed by atoms with Gasteiger partial charge in [-0.3, -0.25) is 4.79 Å². The number of fused-ring (bicyclic) bond motifs is 1. The van der Waals surface area contributed by atoms with Gasteiger partial charge in [0, 0.05) is 23.4 Å². The number of nitrogens with two attached hydrogens (primary N) is 1. The second-order valence-electron chi connectivity index (χ2n) is 6.55. The Morgan fingerprint density at radius 2 is 1.76 bits per heavy atom. The van der Waals surface area contributed by atoms with Crippen molar-refractivity contribution in [3.05, 3.63) is 83.9 Å². The van der Waals surface area contributed by atoms with Gasteiger partial charge in [-0.1, -0.05) is 36.4 Å². The monoisotopic (exact) mass is 385 g/mol. The van der Waals surface area contributed by atoms with E-state index in [1.807, 2.05) is 48.5 Å². The van der Waals surface area contributed by atoms with Crippen LogP contribution >= 0.6 is 0 Å². The summed E-state index contributed by atoms with van der Waals surface area (Å²) in [5.74, 6) is 0.523. The number of nitrogens with one attached hydrogen (secondary N) is 3. The first-order valence-electron chi connectivity index (χ1n) is 9.07. The maximum atomic E-state index is 12.6. The molecular formula is C22H19N5O2. The first-order valence-corrected chi connectivity index (χ1v) is 9.07. The fraction of sp³-hybridized carbons (Fsp3) is 0.0455. The van der Waals surface area contributed by atoms with E-state index in [1.165, 1.54) is 0 Å². The van der Waals surface area contributed by atoms with Gasteiger partial charge in [-0.05, 0) is 42.0 Å². The van der Waals surface area contributed by atoms with E-state index in [2.05, 4.69) is 20.6 Å². The molecule has 7 heteroatoms. The minimum absolute atomic E-state index is 0.221. The Labute approximate surface area is 167 Å². The molecule has 0 atom stereocenters. The molecule has 0 unspecified atom stereocenters. The standard InChI is InChI=1S/C22H19N5O2/c23-22(29)24-13-14-8-10-15(11-9-14)21(28)25-17-5-3-4-16(12-17)20-26-18-6-1-2-7-19(18)27-20/h1-12H,13H2,(H,25,28)(H,26,27)(H3,23,24,29). The Hall–Kier alpha value is -4.13. The highest BCUT2D eigenvalue weighted by Gasteiger charge is 2.09. The second kappa shape index (κ2) is 7.85. The lowest BCUT2D eigenvalue weighted by Crippen LogP contribution is -2.28. The smallest absolute Gasteiger partial charge is 0.312 e. The van der Waals surface area contributed by atoms with Crippen LogP contribution in [0.2, 0.25) is 0 Å².